The molecule has 0 radical (unpaired) electrons. The lowest BCUT2D eigenvalue weighted by Crippen LogP contribution is -2.30. The molecule has 2 aromatic rings. The molecule has 0 aliphatic carbocycles. The molecule has 4 nitrogen and oxygen atoms in total. The summed E-state index contributed by atoms with van der Waals surface area (Å²) in [5, 5.41) is 0.765. The number of carbonyl (C=O) groups is 1. The third-order valence-corrected chi connectivity index (χ3v) is 4.10. The Morgan fingerprint density at radius 3 is 2.74 bits per heavy atom. The number of hydrogen-bond donors (Lipinski definition) is 0. The second-order valence-corrected chi connectivity index (χ2v) is 5.43. The molecule has 96 valence electrons. The van der Waals surface area contributed by atoms with E-state index in [0.717, 1.165) is 16.3 Å². The molecule has 0 fully saturated rings. The Labute approximate surface area is 114 Å². The van der Waals surface area contributed by atoms with E-state index in [0.29, 0.717) is 17.8 Å². The maximum atomic E-state index is 12.4. The van der Waals surface area contributed by atoms with Gasteiger partial charge in [0.25, 0.3) is 5.56 Å². The van der Waals surface area contributed by atoms with Gasteiger partial charge < -0.3 is 0 Å². The molecule has 0 saturated carbocycles. The smallest absolute Gasteiger partial charge is 0.264 e. The summed E-state index contributed by atoms with van der Waals surface area (Å²) in [6, 6.07) is 9.33. The third-order valence-electron chi connectivity index (χ3n) is 3.08. The van der Waals surface area contributed by atoms with Gasteiger partial charge in [0.05, 0.1) is 5.56 Å². The highest BCUT2D eigenvalue weighted by molar-refractivity contribution is 7.99. The maximum Gasteiger partial charge on any atom is 0.264 e. The first-order valence-corrected chi connectivity index (χ1v) is 7.02. The van der Waals surface area contributed by atoms with Crippen molar-refractivity contribution in [3.8, 4) is 11.4 Å². The molecule has 0 unspecified atom stereocenters. The molecule has 5 heteroatoms. The number of aromatic nitrogens is 2. The summed E-state index contributed by atoms with van der Waals surface area (Å²) in [4.78, 5) is 28.7. The van der Waals surface area contributed by atoms with E-state index in [1.165, 1.54) is 11.5 Å². The molecule has 0 saturated heterocycles. The van der Waals surface area contributed by atoms with Gasteiger partial charge in [0, 0.05) is 18.2 Å². The van der Waals surface area contributed by atoms with Crippen molar-refractivity contribution < 1.29 is 4.79 Å². The molecule has 1 aliphatic rings. The van der Waals surface area contributed by atoms with Crippen LogP contribution in [0.3, 0.4) is 0 Å². The zero-order chi connectivity index (χ0) is 13.4. The maximum absolute atomic E-state index is 12.4. The molecule has 1 aromatic carbocycles. The standard InChI is InChI=1S/C14H12N2O2S/c1-9(17)16-12(10-5-3-2-4-6-10)15-13-11(14(16)18)7-8-19-13/h2-6H,7-8H2,1H3. The first-order chi connectivity index (χ1) is 9.18. The lowest BCUT2D eigenvalue weighted by Gasteiger charge is -2.11. The molecular formula is C14H12N2O2S. The average Bonchev–Trinajstić information content (AvgIpc) is 2.87. The largest absolute Gasteiger partial charge is 0.274 e. The monoisotopic (exact) mass is 272 g/mol. The van der Waals surface area contributed by atoms with E-state index in [1.807, 2.05) is 30.3 Å². The van der Waals surface area contributed by atoms with E-state index in [2.05, 4.69) is 4.98 Å². The van der Waals surface area contributed by atoms with Crippen LogP contribution in [0.2, 0.25) is 0 Å². The van der Waals surface area contributed by atoms with Crippen molar-refractivity contribution in [1.82, 2.24) is 9.55 Å². The quantitative estimate of drug-likeness (QED) is 0.747. The van der Waals surface area contributed by atoms with Crippen molar-refractivity contribution in [3.63, 3.8) is 0 Å². The third kappa shape index (κ3) is 2.00. The van der Waals surface area contributed by atoms with E-state index >= 15 is 0 Å². The number of nitrogens with zero attached hydrogens (tertiary/aromatic N) is 2. The lowest BCUT2D eigenvalue weighted by atomic mass is 10.2. The summed E-state index contributed by atoms with van der Waals surface area (Å²) in [6.45, 7) is 1.39. The molecule has 1 aliphatic heterocycles. The summed E-state index contributed by atoms with van der Waals surface area (Å²) < 4.78 is 1.18. The van der Waals surface area contributed by atoms with Crippen LogP contribution < -0.4 is 5.56 Å². The number of hydrogen-bond acceptors (Lipinski definition) is 4. The predicted octanol–water partition coefficient (Wildman–Crippen LogP) is 2.22. The summed E-state index contributed by atoms with van der Waals surface area (Å²) in [5.74, 6) is 0.996. The number of thioether (sulfide) groups is 1. The lowest BCUT2D eigenvalue weighted by molar-refractivity contribution is 0.0932. The Morgan fingerprint density at radius 2 is 2.05 bits per heavy atom. The van der Waals surface area contributed by atoms with Crippen molar-refractivity contribution in [1.29, 1.82) is 0 Å². The van der Waals surface area contributed by atoms with Crippen LogP contribution in [0.4, 0.5) is 0 Å². The zero-order valence-corrected chi connectivity index (χ0v) is 11.2. The fraction of sp³-hybridized carbons (Fsp3) is 0.214. The van der Waals surface area contributed by atoms with E-state index in [4.69, 9.17) is 0 Å². The Hall–Kier alpha value is -1.88. The van der Waals surface area contributed by atoms with Crippen LogP contribution in [-0.2, 0) is 6.42 Å². The molecule has 0 amide bonds. The fourth-order valence-electron chi connectivity index (χ4n) is 2.19. The summed E-state index contributed by atoms with van der Waals surface area (Å²) in [7, 11) is 0. The highest BCUT2D eigenvalue weighted by Crippen LogP contribution is 2.29. The Bertz CT molecular complexity index is 707. The molecule has 0 bridgehead atoms. The Morgan fingerprint density at radius 1 is 1.32 bits per heavy atom. The van der Waals surface area contributed by atoms with Crippen LogP contribution in [-0.4, -0.2) is 21.2 Å². The van der Waals surface area contributed by atoms with Gasteiger partial charge in [-0.3, -0.25) is 9.59 Å². The predicted molar refractivity (Wildman–Crippen MR) is 74.7 cm³/mol. The summed E-state index contributed by atoms with van der Waals surface area (Å²) in [6.07, 6.45) is 0.689. The molecule has 19 heavy (non-hydrogen) atoms. The van der Waals surface area contributed by atoms with Crippen LogP contribution in [0.15, 0.2) is 40.2 Å². The van der Waals surface area contributed by atoms with Crippen LogP contribution in [0.1, 0.15) is 17.3 Å². The van der Waals surface area contributed by atoms with E-state index in [-0.39, 0.29) is 11.5 Å². The van der Waals surface area contributed by atoms with Gasteiger partial charge in [-0.2, -0.15) is 0 Å². The zero-order valence-electron chi connectivity index (χ0n) is 10.4. The van der Waals surface area contributed by atoms with Crippen molar-refractivity contribution in [2.45, 2.75) is 18.4 Å². The van der Waals surface area contributed by atoms with Crippen molar-refractivity contribution in [3.05, 3.63) is 46.2 Å². The summed E-state index contributed by atoms with van der Waals surface area (Å²) in [5.41, 5.74) is 1.23. The van der Waals surface area contributed by atoms with E-state index in [9.17, 15) is 9.59 Å². The fourth-order valence-corrected chi connectivity index (χ4v) is 3.21. The molecule has 0 atom stereocenters. The first-order valence-electron chi connectivity index (χ1n) is 6.03. The molecule has 3 rings (SSSR count). The van der Waals surface area contributed by atoms with Gasteiger partial charge in [-0.05, 0) is 6.42 Å². The van der Waals surface area contributed by atoms with Crippen molar-refractivity contribution in [2.24, 2.45) is 0 Å². The van der Waals surface area contributed by atoms with Crippen LogP contribution in [0.5, 0.6) is 0 Å². The van der Waals surface area contributed by atoms with Crippen molar-refractivity contribution in [2.75, 3.05) is 5.75 Å². The van der Waals surface area contributed by atoms with Gasteiger partial charge >= 0.3 is 0 Å². The molecule has 1 aromatic heterocycles. The van der Waals surface area contributed by atoms with Crippen molar-refractivity contribution >= 4 is 17.7 Å². The van der Waals surface area contributed by atoms with Gasteiger partial charge in [-0.1, -0.05) is 30.3 Å². The minimum atomic E-state index is -0.295. The normalized spacial score (nSPS) is 13.3. The molecule has 2 heterocycles. The van der Waals surface area contributed by atoms with E-state index < -0.39 is 0 Å². The van der Waals surface area contributed by atoms with Crippen LogP contribution in [0, 0.1) is 0 Å². The average molecular weight is 272 g/mol. The second kappa shape index (κ2) is 4.66. The number of benzene rings is 1. The summed E-state index contributed by atoms with van der Waals surface area (Å²) >= 11 is 1.58. The Balaban J connectivity index is 2.33. The SMILES string of the molecule is CC(=O)n1c(-c2ccccc2)nc2c(c1=O)CCS2. The van der Waals surface area contributed by atoms with Gasteiger partial charge in [0.2, 0.25) is 5.91 Å². The minimum absolute atomic E-state index is 0.221. The highest BCUT2D eigenvalue weighted by atomic mass is 32.2. The van der Waals surface area contributed by atoms with Gasteiger partial charge in [0.15, 0.2) is 5.82 Å². The van der Waals surface area contributed by atoms with Gasteiger partial charge in [-0.15, -0.1) is 11.8 Å². The number of carbonyl (C=O) groups excluding carboxylic acids is 1. The van der Waals surface area contributed by atoms with Crippen LogP contribution >= 0.6 is 11.8 Å². The molecular weight excluding hydrogens is 260 g/mol. The molecule has 0 N–H and O–H groups in total. The topological polar surface area (TPSA) is 52.0 Å². The van der Waals surface area contributed by atoms with E-state index in [1.54, 1.807) is 11.8 Å². The van der Waals surface area contributed by atoms with Gasteiger partial charge in [-0.25, -0.2) is 9.55 Å². The first kappa shape index (κ1) is 12.2. The molecule has 0 spiro atoms. The highest BCUT2D eigenvalue weighted by Gasteiger charge is 2.23. The minimum Gasteiger partial charge on any atom is -0.274 e. The Kier molecular flexibility index (Phi) is 2.98. The van der Waals surface area contributed by atoms with Gasteiger partial charge in [0.1, 0.15) is 5.03 Å². The number of rotatable bonds is 1. The van der Waals surface area contributed by atoms with Crippen LogP contribution in [0.25, 0.3) is 11.4 Å². The number of fused-ring (bicyclic) bond motifs is 1. The second-order valence-electron chi connectivity index (χ2n) is 4.34.